The number of likely N-dealkylation sites (tertiary alicyclic amines) is 2. The third-order valence-electron chi connectivity index (χ3n) is 11.7. The third kappa shape index (κ3) is 7.43. The van der Waals surface area contributed by atoms with Crippen molar-refractivity contribution in [3.63, 3.8) is 0 Å². The van der Waals surface area contributed by atoms with Gasteiger partial charge < -0.3 is 39.9 Å². The minimum absolute atomic E-state index is 0.116. The highest BCUT2D eigenvalue weighted by atomic mass is 16.5. The number of hydrogen-bond acceptors (Lipinski definition) is 9. The number of rotatable bonds is 10. The molecule has 4 amide bonds. The van der Waals surface area contributed by atoms with Gasteiger partial charge in [0.15, 0.2) is 0 Å². The Balaban J connectivity index is 1.02. The molecule has 2 aliphatic heterocycles. The van der Waals surface area contributed by atoms with E-state index in [4.69, 9.17) is 24.4 Å². The van der Waals surface area contributed by atoms with E-state index in [-0.39, 0.29) is 35.7 Å². The fourth-order valence-electron chi connectivity index (χ4n) is 8.57. The Morgan fingerprint density at radius 2 is 1.22 bits per heavy atom. The lowest BCUT2D eigenvalue weighted by atomic mass is 10.0. The first kappa shape index (κ1) is 39.4. The minimum atomic E-state index is -0.703. The second-order valence-corrected chi connectivity index (χ2v) is 16.1. The zero-order chi connectivity index (χ0) is 41.5. The summed E-state index contributed by atoms with van der Waals surface area (Å²) < 4.78 is 11.6. The second kappa shape index (κ2) is 16.1. The van der Waals surface area contributed by atoms with Gasteiger partial charge in [-0.3, -0.25) is 14.0 Å². The Labute approximate surface area is 341 Å². The fraction of sp³-hybridized carbons (Fsp3) is 0.419. The van der Waals surface area contributed by atoms with Crippen LogP contribution in [0.1, 0.15) is 77.1 Å². The van der Waals surface area contributed by atoms with Gasteiger partial charge in [0.05, 0.1) is 66.6 Å². The van der Waals surface area contributed by atoms with Crippen LogP contribution in [-0.2, 0) is 19.1 Å². The van der Waals surface area contributed by atoms with Gasteiger partial charge in [0, 0.05) is 35.0 Å². The zero-order valence-electron chi connectivity index (χ0n) is 34.1. The maximum absolute atomic E-state index is 13.6. The van der Waals surface area contributed by atoms with Gasteiger partial charge in [-0.1, -0.05) is 45.9 Å². The van der Waals surface area contributed by atoms with Gasteiger partial charge in [-0.25, -0.2) is 24.5 Å². The summed E-state index contributed by atoms with van der Waals surface area (Å²) in [6.45, 7) is 8.76. The van der Waals surface area contributed by atoms with Crippen molar-refractivity contribution in [2.75, 3.05) is 27.3 Å². The maximum atomic E-state index is 13.6. The normalized spacial score (nSPS) is 18.0. The number of alkyl carbamates (subject to hydrolysis) is 2. The van der Waals surface area contributed by atoms with Gasteiger partial charge in [-0.2, -0.15) is 0 Å². The molecule has 0 saturated carbocycles. The molecule has 6 aromatic rings. The van der Waals surface area contributed by atoms with Gasteiger partial charge in [-0.05, 0) is 61.8 Å². The van der Waals surface area contributed by atoms with Crippen molar-refractivity contribution in [2.45, 2.75) is 77.5 Å². The lowest BCUT2D eigenvalue weighted by molar-refractivity contribution is -0.136. The second-order valence-electron chi connectivity index (χ2n) is 16.1. The van der Waals surface area contributed by atoms with E-state index in [0.717, 1.165) is 75.5 Å². The van der Waals surface area contributed by atoms with Crippen LogP contribution in [0.4, 0.5) is 9.59 Å². The van der Waals surface area contributed by atoms with Crippen molar-refractivity contribution in [1.29, 1.82) is 0 Å². The van der Waals surface area contributed by atoms with E-state index in [2.05, 4.69) is 61.4 Å². The summed E-state index contributed by atoms with van der Waals surface area (Å²) in [5, 5.41) is 7.44. The highest BCUT2D eigenvalue weighted by Gasteiger charge is 2.39. The highest BCUT2D eigenvalue weighted by molar-refractivity contribution is 6.02. The Morgan fingerprint density at radius 1 is 0.695 bits per heavy atom. The van der Waals surface area contributed by atoms with E-state index < -0.39 is 24.3 Å². The summed E-state index contributed by atoms with van der Waals surface area (Å²) in [5.41, 5.74) is 6.42. The molecule has 0 radical (unpaired) electrons. The third-order valence-corrected chi connectivity index (χ3v) is 11.7. The summed E-state index contributed by atoms with van der Waals surface area (Å²) in [7, 11) is 2.58. The molecule has 2 fully saturated rings. The largest absolute Gasteiger partial charge is 0.453 e. The van der Waals surface area contributed by atoms with E-state index in [1.54, 1.807) is 11.1 Å². The maximum Gasteiger partial charge on any atom is 0.407 e. The molecule has 8 rings (SSSR count). The van der Waals surface area contributed by atoms with Crippen molar-refractivity contribution in [1.82, 2.24) is 49.8 Å². The molecule has 4 N–H and O–H groups in total. The topological polar surface area (TPSA) is 192 Å². The van der Waals surface area contributed by atoms with Crippen LogP contribution in [0, 0.1) is 11.8 Å². The summed E-state index contributed by atoms with van der Waals surface area (Å²) >= 11 is 0. The van der Waals surface area contributed by atoms with Crippen molar-refractivity contribution in [3.8, 4) is 22.5 Å². The van der Waals surface area contributed by atoms with Gasteiger partial charge in [-0.15, -0.1) is 0 Å². The number of aromatic nitrogens is 6. The molecule has 59 heavy (non-hydrogen) atoms. The van der Waals surface area contributed by atoms with Crippen LogP contribution in [0.15, 0.2) is 61.2 Å². The van der Waals surface area contributed by atoms with E-state index in [1.807, 2.05) is 51.2 Å². The number of hydrogen-bond donors (Lipinski definition) is 4. The molecule has 4 atom stereocenters. The van der Waals surface area contributed by atoms with Gasteiger partial charge in [0.25, 0.3) is 0 Å². The minimum Gasteiger partial charge on any atom is -0.453 e. The van der Waals surface area contributed by atoms with Gasteiger partial charge in [0.1, 0.15) is 30.1 Å². The number of nitrogens with one attached hydrogen (secondary N) is 4. The molecule has 6 heterocycles. The number of methoxy groups -OCH3 is 2. The predicted octanol–water partition coefficient (Wildman–Crippen LogP) is 6.51. The Kier molecular flexibility index (Phi) is 10.7. The molecule has 0 spiro atoms. The van der Waals surface area contributed by atoms with E-state index in [1.165, 1.54) is 14.2 Å². The fourth-order valence-corrected chi connectivity index (χ4v) is 8.57. The average Bonchev–Trinajstić information content (AvgIpc) is 4.09. The standard InChI is InChI=1S/C43H50N10O6/c1-23(2)36(49-42(56)58-5)40(54)51-15-7-9-33(51)38-44-20-30(47-38)25-12-14-32-27(17-25)19-35-28-13-11-26(18-29(28)46-22-53(32)35)31-21-45-39(48-31)34-10-8-16-52(34)41(55)37(24(3)4)50-43(57)59-6/h11-14,17-24,33-34,36-37H,7-10,15-16H2,1-6H3,(H,44,47)(H,45,48)(H,49,56)(H,50,57)/t33-,34-,36?,37?/m0/s1. The van der Waals surface area contributed by atoms with Crippen LogP contribution in [0.2, 0.25) is 0 Å². The summed E-state index contributed by atoms with van der Waals surface area (Å²) in [6, 6.07) is 12.7. The summed E-state index contributed by atoms with van der Waals surface area (Å²) in [5.74, 6) is 0.886. The molecule has 2 aliphatic rings. The number of imidazole rings is 2. The van der Waals surface area contributed by atoms with E-state index in [9.17, 15) is 19.2 Å². The summed E-state index contributed by atoms with van der Waals surface area (Å²) in [4.78, 5) is 76.1. The summed E-state index contributed by atoms with van der Waals surface area (Å²) in [6.07, 6.45) is 7.40. The number of nitrogens with zero attached hydrogens (tertiary/aromatic N) is 6. The predicted molar refractivity (Wildman–Crippen MR) is 221 cm³/mol. The van der Waals surface area contributed by atoms with E-state index >= 15 is 0 Å². The molecule has 0 aliphatic carbocycles. The molecule has 2 unspecified atom stereocenters. The molecule has 2 saturated heterocycles. The SMILES string of the molecule is COC(=O)NC(C(=O)N1CCC[C@H]1c1ncc(-c2ccc3c(c2)cc2c4ccc(-c5cnc([C@@H]6CCCN6C(=O)C(NC(=O)OC)C(C)C)[nH]5)cc4ncn32)[nH]1)C(C)C. The lowest BCUT2D eigenvalue weighted by Gasteiger charge is -2.30. The molecule has 2 aromatic carbocycles. The monoisotopic (exact) mass is 802 g/mol. The first-order chi connectivity index (χ1) is 28.4. The average molecular weight is 803 g/mol. The number of aromatic amines is 2. The number of benzene rings is 2. The molecular weight excluding hydrogens is 753 g/mol. The Hall–Kier alpha value is -6.45. The lowest BCUT2D eigenvalue weighted by Crippen LogP contribution is -2.51. The van der Waals surface area contributed by atoms with Gasteiger partial charge >= 0.3 is 12.2 Å². The van der Waals surface area contributed by atoms with E-state index in [0.29, 0.717) is 24.7 Å². The number of carbonyl (C=O) groups excluding carboxylic acids is 4. The smallest absolute Gasteiger partial charge is 0.407 e. The number of ether oxygens (including phenoxy) is 2. The first-order valence-corrected chi connectivity index (χ1v) is 20.2. The molecule has 16 heteroatoms. The Bertz CT molecular complexity index is 2560. The van der Waals surface area contributed by atoms with Crippen LogP contribution in [0.3, 0.4) is 0 Å². The molecule has 4 aromatic heterocycles. The van der Waals surface area contributed by atoms with Crippen LogP contribution in [-0.4, -0.2) is 103 Å². The van der Waals surface area contributed by atoms with Crippen LogP contribution in [0.5, 0.6) is 0 Å². The van der Waals surface area contributed by atoms with Crippen LogP contribution < -0.4 is 10.6 Å². The van der Waals surface area contributed by atoms with Crippen molar-refractivity contribution >= 4 is 51.3 Å². The Morgan fingerprint density at radius 3 is 1.75 bits per heavy atom. The van der Waals surface area contributed by atoms with Crippen LogP contribution in [0.25, 0.3) is 49.8 Å². The molecule has 16 nitrogen and oxygen atoms in total. The van der Waals surface area contributed by atoms with Gasteiger partial charge in [0.2, 0.25) is 11.8 Å². The number of carbonyl (C=O) groups is 4. The highest BCUT2D eigenvalue weighted by Crippen LogP contribution is 2.36. The zero-order valence-corrected chi connectivity index (χ0v) is 34.1. The molecular formula is C43H50N10O6. The van der Waals surface area contributed by atoms with Crippen molar-refractivity contribution in [3.05, 3.63) is 72.8 Å². The molecule has 308 valence electrons. The van der Waals surface area contributed by atoms with Crippen molar-refractivity contribution < 1.29 is 28.7 Å². The number of H-pyrrole nitrogens is 2. The quantitative estimate of drug-likeness (QED) is 0.120. The van der Waals surface area contributed by atoms with Crippen LogP contribution >= 0.6 is 0 Å². The number of amides is 4. The number of fused-ring (bicyclic) bond motifs is 5. The van der Waals surface area contributed by atoms with Crippen molar-refractivity contribution in [2.24, 2.45) is 11.8 Å². The first-order valence-electron chi connectivity index (χ1n) is 20.2. The molecule has 0 bridgehead atoms.